The lowest BCUT2D eigenvalue weighted by Gasteiger charge is -2.44. The molecule has 0 aliphatic carbocycles. The fourth-order valence-corrected chi connectivity index (χ4v) is 6.44. The molecule has 1 amide bonds. The van der Waals surface area contributed by atoms with E-state index >= 15 is 0 Å². The summed E-state index contributed by atoms with van der Waals surface area (Å²) in [6, 6.07) is 0. The molecule has 1 aromatic rings. The summed E-state index contributed by atoms with van der Waals surface area (Å²) in [6.45, 7) is 19.0. The Kier molecular flexibility index (Phi) is 8.41. The highest BCUT2D eigenvalue weighted by molar-refractivity contribution is 7.15. The maximum atomic E-state index is 12.2. The number of rotatable bonds is 8. The summed E-state index contributed by atoms with van der Waals surface area (Å²) in [7, 11) is -2.12. The summed E-state index contributed by atoms with van der Waals surface area (Å²) >= 11 is 14.0. The van der Waals surface area contributed by atoms with Crippen LogP contribution >= 0.6 is 34.5 Å². The van der Waals surface area contributed by atoms with Crippen LogP contribution in [0.3, 0.4) is 0 Å². The van der Waals surface area contributed by atoms with Crippen molar-refractivity contribution in [1.29, 1.82) is 0 Å². The minimum absolute atomic E-state index is 0.0577. The van der Waals surface area contributed by atoms with Crippen molar-refractivity contribution < 1.29 is 9.22 Å². The Morgan fingerprint density at radius 3 is 2.30 bits per heavy atom. The van der Waals surface area contributed by atoms with Crippen molar-refractivity contribution >= 4 is 53.9 Å². The molecule has 0 saturated heterocycles. The van der Waals surface area contributed by atoms with Gasteiger partial charge in [0.1, 0.15) is 0 Å². The summed E-state index contributed by atoms with van der Waals surface area (Å²) in [6.07, 6.45) is 1.39. The van der Waals surface area contributed by atoms with Crippen LogP contribution < -0.4 is 5.32 Å². The van der Waals surface area contributed by atoms with Crippen LogP contribution in [0.2, 0.25) is 18.1 Å². The number of hydrogen-bond donors (Lipinski definition) is 1. The van der Waals surface area contributed by atoms with Crippen molar-refractivity contribution in [3.63, 3.8) is 0 Å². The lowest BCUT2D eigenvalue weighted by molar-refractivity contribution is -0.123. The number of carbonyl (C=O) groups is 1. The van der Waals surface area contributed by atoms with E-state index in [1.807, 2.05) is 20.8 Å². The van der Waals surface area contributed by atoms with E-state index in [0.717, 1.165) is 4.88 Å². The van der Waals surface area contributed by atoms with Crippen LogP contribution in [-0.2, 0) is 9.22 Å². The van der Waals surface area contributed by atoms with Crippen LogP contribution in [0.25, 0.3) is 0 Å². The standard InChI is InChI=1S/C19H34Cl2N2O2SSi/c1-12(2)19(6,7)27(8,9)25-15(13(21)10-20)14-11-22-17(26-14)23-16(24)18(3,4)5/h11-13,15H,10H2,1-9H3,(H,22,23,24)/t13-,15-/m0/s1. The Morgan fingerprint density at radius 1 is 1.30 bits per heavy atom. The van der Waals surface area contributed by atoms with Crippen LogP contribution in [0.4, 0.5) is 5.13 Å². The Labute approximate surface area is 179 Å². The first-order chi connectivity index (χ1) is 12.1. The van der Waals surface area contributed by atoms with Crippen molar-refractivity contribution in [2.45, 2.75) is 78.1 Å². The predicted octanol–water partition coefficient (Wildman–Crippen LogP) is 6.67. The number of halogens is 2. The number of nitrogens with zero attached hydrogens (tertiary/aromatic N) is 1. The molecule has 0 saturated carbocycles. The second-order valence-corrected chi connectivity index (χ2v) is 15.8. The third-order valence-corrected chi connectivity index (χ3v) is 12.0. The molecule has 4 nitrogen and oxygen atoms in total. The zero-order valence-electron chi connectivity index (χ0n) is 17.9. The third-order valence-electron chi connectivity index (χ3n) is 5.60. The molecule has 1 aromatic heterocycles. The first-order valence-corrected chi connectivity index (χ1v) is 14.0. The second kappa shape index (κ2) is 9.12. The van der Waals surface area contributed by atoms with E-state index in [-0.39, 0.29) is 28.3 Å². The van der Waals surface area contributed by atoms with Gasteiger partial charge in [0.05, 0.1) is 16.4 Å². The van der Waals surface area contributed by atoms with Gasteiger partial charge in [-0.1, -0.05) is 59.8 Å². The molecule has 1 N–H and O–H groups in total. The van der Waals surface area contributed by atoms with Gasteiger partial charge in [0, 0.05) is 17.5 Å². The molecule has 8 heteroatoms. The molecule has 0 unspecified atom stereocenters. The number of alkyl halides is 2. The lowest BCUT2D eigenvalue weighted by atomic mass is 9.96. The number of thiazole rings is 1. The molecule has 1 heterocycles. The maximum absolute atomic E-state index is 12.2. The van der Waals surface area contributed by atoms with Crippen LogP contribution in [0.1, 0.15) is 59.4 Å². The summed E-state index contributed by atoms with van der Waals surface area (Å²) in [5.41, 5.74) is -0.483. The normalized spacial score (nSPS) is 15.7. The highest BCUT2D eigenvalue weighted by Gasteiger charge is 2.46. The molecule has 0 aliphatic rings. The van der Waals surface area contributed by atoms with Gasteiger partial charge in [0.2, 0.25) is 5.91 Å². The van der Waals surface area contributed by atoms with Gasteiger partial charge >= 0.3 is 0 Å². The van der Waals surface area contributed by atoms with Gasteiger partial charge in [-0.3, -0.25) is 4.79 Å². The number of carbonyl (C=O) groups excluding carboxylic acids is 1. The van der Waals surface area contributed by atoms with E-state index in [4.69, 9.17) is 27.6 Å². The molecule has 1 rings (SSSR count). The summed E-state index contributed by atoms with van der Waals surface area (Å²) < 4.78 is 6.67. The fourth-order valence-electron chi connectivity index (χ4n) is 2.32. The van der Waals surface area contributed by atoms with Crippen molar-refractivity contribution in [2.24, 2.45) is 11.3 Å². The SMILES string of the molecule is CC(C)C(C)(C)[Si](C)(C)O[C@H](c1cnc(NC(=O)C(C)(C)C)s1)[C@@H](Cl)CCl. The average Bonchev–Trinajstić information content (AvgIpc) is 2.98. The summed E-state index contributed by atoms with van der Waals surface area (Å²) in [5, 5.41) is 3.12. The third kappa shape index (κ3) is 6.17. The molecule has 156 valence electrons. The number of amides is 1. The average molecular weight is 454 g/mol. The Balaban J connectivity index is 3.11. The molecule has 2 atom stereocenters. The predicted molar refractivity (Wildman–Crippen MR) is 121 cm³/mol. The number of hydrogen-bond acceptors (Lipinski definition) is 4. The van der Waals surface area contributed by atoms with Crippen LogP contribution in [0.5, 0.6) is 0 Å². The van der Waals surface area contributed by atoms with Crippen molar-refractivity contribution in [3.8, 4) is 0 Å². The number of anilines is 1. The van der Waals surface area contributed by atoms with E-state index in [0.29, 0.717) is 11.0 Å². The summed E-state index contributed by atoms with van der Waals surface area (Å²) in [4.78, 5) is 17.5. The highest BCUT2D eigenvalue weighted by atomic mass is 35.5. The minimum Gasteiger partial charge on any atom is -0.407 e. The van der Waals surface area contributed by atoms with Gasteiger partial charge in [-0.15, -0.1) is 23.2 Å². The molecule has 0 aliphatic heterocycles. The molecule has 0 bridgehead atoms. The van der Waals surface area contributed by atoms with E-state index < -0.39 is 13.7 Å². The monoisotopic (exact) mass is 452 g/mol. The van der Waals surface area contributed by atoms with Crippen molar-refractivity contribution in [3.05, 3.63) is 11.1 Å². The molecule has 0 spiro atoms. The van der Waals surface area contributed by atoms with Crippen LogP contribution in [0, 0.1) is 11.3 Å². The van der Waals surface area contributed by atoms with E-state index in [9.17, 15) is 4.79 Å². The van der Waals surface area contributed by atoms with Gasteiger partial charge < -0.3 is 9.74 Å². The minimum atomic E-state index is -2.12. The highest BCUT2D eigenvalue weighted by Crippen LogP contribution is 2.48. The maximum Gasteiger partial charge on any atom is 0.231 e. The van der Waals surface area contributed by atoms with Crippen molar-refractivity contribution in [1.82, 2.24) is 4.98 Å². The summed E-state index contributed by atoms with van der Waals surface area (Å²) in [5.74, 6) is 0.685. The number of nitrogens with one attached hydrogen (secondary N) is 1. The Bertz CT molecular complexity index is 642. The van der Waals surface area contributed by atoms with E-state index in [1.165, 1.54) is 11.3 Å². The molecule has 0 fully saturated rings. The molecule has 0 aromatic carbocycles. The topological polar surface area (TPSA) is 51.2 Å². The zero-order chi connectivity index (χ0) is 21.2. The van der Waals surface area contributed by atoms with Crippen LogP contribution in [-0.4, -0.2) is 30.5 Å². The van der Waals surface area contributed by atoms with Gasteiger partial charge in [0.15, 0.2) is 13.4 Å². The molecular weight excluding hydrogens is 419 g/mol. The van der Waals surface area contributed by atoms with Gasteiger partial charge in [-0.05, 0) is 24.1 Å². The van der Waals surface area contributed by atoms with E-state index in [2.05, 4.69) is 51.1 Å². The zero-order valence-corrected chi connectivity index (χ0v) is 21.3. The first kappa shape index (κ1) is 24.9. The quantitative estimate of drug-likeness (QED) is 0.353. The van der Waals surface area contributed by atoms with E-state index in [1.54, 1.807) is 6.20 Å². The fraction of sp³-hybridized carbons (Fsp3) is 0.789. The largest absolute Gasteiger partial charge is 0.407 e. The number of aromatic nitrogens is 1. The second-order valence-electron chi connectivity index (χ2n) is 9.37. The van der Waals surface area contributed by atoms with Gasteiger partial charge in [-0.25, -0.2) is 4.98 Å². The Morgan fingerprint density at radius 2 is 1.85 bits per heavy atom. The van der Waals surface area contributed by atoms with Gasteiger partial charge in [0.25, 0.3) is 0 Å². The molecular formula is C19H34Cl2N2O2SSi. The van der Waals surface area contributed by atoms with Crippen molar-refractivity contribution in [2.75, 3.05) is 11.2 Å². The molecule has 27 heavy (non-hydrogen) atoms. The Hall–Kier alpha value is -0.143. The molecule has 0 radical (unpaired) electrons. The van der Waals surface area contributed by atoms with Gasteiger partial charge in [-0.2, -0.15) is 0 Å². The lowest BCUT2D eigenvalue weighted by Crippen LogP contribution is -2.47. The first-order valence-electron chi connectivity index (χ1n) is 9.28. The van der Waals surface area contributed by atoms with Crippen LogP contribution in [0.15, 0.2) is 6.20 Å². The smallest absolute Gasteiger partial charge is 0.231 e.